The summed E-state index contributed by atoms with van der Waals surface area (Å²) in [5.41, 5.74) is 1.31. The fourth-order valence-corrected chi connectivity index (χ4v) is 18.5. The zero-order chi connectivity index (χ0) is 106. The van der Waals surface area contributed by atoms with Gasteiger partial charge in [0.25, 0.3) is 0 Å². The fourth-order valence-electron chi connectivity index (χ4n) is 18.5. The van der Waals surface area contributed by atoms with Crippen LogP contribution in [0.25, 0.3) is 0 Å². The van der Waals surface area contributed by atoms with Crippen molar-refractivity contribution in [1.82, 2.24) is 120 Å². The van der Waals surface area contributed by atoms with Gasteiger partial charge in [-0.3, -0.25) is 18.7 Å². The van der Waals surface area contributed by atoms with E-state index in [1.807, 2.05) is 0 Å². The Kier molecular flexibility index (Phi) is 37.3. The molecule has 0 saturated carbocycles. The first-order valence-electron chi connectivity index (χ1n) is 48.2. The highest BCUT2D eigenvalue weighted by Crippen LogP contribution is 2.45. The molecule has 16 heterocycles. The molecule has 64 heteroatoms. The van der Waals surface area contributed by atoms with Gasteiger partial charge in [-0.25, -0.2) is 18.7 Å². The topological polar surface area (TPSA) is 835 Å². The van der Waals surface area contributed by atoms with E-state index in [1.165, 1.54) is 18.7 Å². The van der Waals surface area contributed by atoms with E-state index < -0.39 is 277 Å². The molecule has 0 bridgehead atoms. The van der Waals surface area contributed by atoms with Crippen molar-refractivity contribution in [3.05, 3.63) is 95.1 Å². The minimum atomic E-state index is -1.85. The predicted octanol–water partition coefficient (Wildman–Crippen LogP) is -12.8. The van der Waals surface area contributed by atoms with Gasteiger partial charge >= 0.3 is 0 Å². The highest BCUT2D eigenvalue weighted by atomic mass is 16.8. The molecular weight excluding hydrogens is 2000 g/mol. The van der Waals surface area contributed by atoms with Crippen LogP contribution in [0.1, 0.15) is 101 Å². The molecule has 0 amide bonds. The number of aliphatic hydroxyl groups is 20. The van der Waals surface area contributed by atoms with Crippen LogP contribution in [0.15, 0.2) is 49.6 Å². The zero-order valence-corrected chi connectivity index (χ0v) is 82.4. The normalized spacial score (nSPS) is 28.6. The van der Waals surface area contributed by atoms with E-state index in [0.29, 0.717) is 45.6 Å². The molecule has 8 fully saturated rings. The van der Waals surface area contributed by atoms with Crippen molar-refractivity contribution in [2.75, 3.05) is 52.9 Å². The number of fused-ring (bicyclic) bond motifs is 4. The summed E-state index contributed by atoms with van der Waals surface area (Å²) in [5, 5.41) is 270. The first kappa shape index (κ1) is 113. The predicted molar refractivity (Wildman–Crippen MR) is 475 cm³/mol. The summed E-state index contributed by atoms with van der Waals surface area (Å²) in [4.78, 5) is 0. The molecule has 0 aromatic carbocycles. The minimum absolute atomic E-state index is 0.0376. The van der Waals surface area contributed by atoms with Crippen molar-refractivity contribution in [2.45, 2.75) is 380 Å². The third-order valence-corrected chi connectivity index (χ3v) is 25.6. The van der Waals surface area contributed by atoms with Crippen LogP contribution < -0.4 is 0 Å². The Morgan fingerprint density at radius 3 is 0.611 bits per heavy atom. The first-order chi connectivity index (χ1) is 71.0. The molecule has 0 radical (unpaired) electrons. The van der Waals surface area contributed by atoms with Crippen LogP contribution in [0.4, 0.5) is 0 Å². The Hall–Kier alpha value is -8.48. The lowest BCUT2D eigenvalue weighted by atomic mass is 9.87. The van der Waals surface area contributed by atoms with Crippen molar-refractivity contribution < 1.29 is 197 Å². The number of hydrogen-bond donors (Lipinski definition) is 20. The molecule has 0 spiro atoms. The molecule has 8 saturated heterocycles. The number of aromatic nitrogens is 24. The smallest absolute Gasteiger partial charge is 0.187 e. The minimum Gasteiger partial charge on any atom is -0.394 e. The third-order valence-electron chi connectivity index (χ3n) is 25.6. The largest absolute Gasteiger partial charge is 0.394 e. The molecule has 32 atom stereocenters. The second-order valence-corrected chi connectivity index (χ2v) is 39.8. The molecule has 0 unspecified atom stereocenters. The van der Waals surface area contributed by atoms with E-state index in [-0.39, 0.29) is 105 Å². The Morgan fingerprint density at radius 1 is 0.248 bits per heavy atom. The summed E-state index contributed by atoms with van der Waals surface area (Å²) in [5.74, 6) is -4.39. The maximum absolute atomic E-state index is 10.4. The van der Waals surface area contributed by atoms with Gasteiger partial charge in [0.15, 0.2) is 48.3 Å². The van der Waals surface area contributed by atoms with Crippen LogP contribution in [0.3, 0.4) is 0 Å². The zero-order valence-electron chi connectivity index (χ0n) is 82.4. The second kappa shape index (κ2) is 49.1. The van der Waals surface area contributed by atoms with E-state index in [0.717, 1.165) is 0 Å². The van der Waals surface area contributed by atoms with Gasteiger partial charge in [-0.15, -0.1) is 40.8 Å². The lowest BCUT2D eigenvalue weighted by Gasteiger charge is -2.33. The van der Waals surface area contributed by atoms with Gasteiger partial charge < -0.3 is 197 Å². The molecule has 8 aliphatic rings. The van der Waals surface area contributed by atoms with Crippen molar-refractivity contribution in [3.8, 4) is 0 Å². The summed E-state index contributed by atoms with van der Waals surface area (Å²) < 4.78 is 138. The molecule has 8 aromatic rings. The average Bonchev–Trinajstić information content (AvgIpc) is 1.62. The lowest BCUT2D eigenvalue weighted by Crippen LogP contribution is -2.47. The second-order valence-electron chi connectivity index (χ2n) is 39.8. The van der Waals surface area contributed by atoms with Crippen LogP contribution in [-0.2, 0) is 200 Å². The van der Waals surface area contributed by atoms with Crippen LogP contribution in [-0.4, -0.2) is 494 Å². The number of aliphatic hydroxyl groups excluding tert-OH is 20. The highest BCUT2D eigenvalue weighted by Gasteiger charge is 2.61. The van der Waals surface area contributed by atoms with Gasteiger partial charge in [0.1, 0.15) is 216 Å². The summed E-state index contributed by atoms with van der Waals surface area (Å²) in [6.45, 7) is 7.27. The van der Waals surface area contributed by atoms with E-state index in [9.17, 15) is 102 Å². The maximum Gasteiger partial charge on any atom is 0.187 e. The highest BCUT2D eigenvalue weighted by molar-refractivity contribution is 5.06. The standard InChI is InChI=1S/C85H132N24O40/c1-81(2)142-69-57(17-102-9-41(86-94-102)25-130-33-53(118)65(126)61(122)49(114)21-110)138-77(73(69)146-81)134-29-45-13-106(98-90-45)37-85(38-107-14-46(91-99-107)30-135-78-74-70(143-82(3,4)147-74)58(139-78)18-103-10-42(87-95-103)26-131-34-54(119)66(127)62(123)50(115)22-111,39-108-15-47(92-100-108)31-136-79-75-71(144-83(5,6)148-75)59(140-79)19-104-11-43(88-96-104)27-132-35-55(120)67(128)63(124)51(116)23-112)40-109-16-48(93-101-109)32-137-80-76-72(145-84(7,8)149-76)60(141-80)20-105-12-44(89-97-105)28-133-36-56(121)68(129)64(125)52(117)24-113/h9-16,49-80,110-129H,17-40H2,1-8H3/t49-,50-,51+,52+,53+,54+,55-,56-,57-,58-,59-,60-,61+,62+,63-,64-,65-,66-,67+,68+,69-,70-,71-,72-,73-,74-,75-,76-,77-,78-,79-,80-/m1/s1. The molecule has 64 nitrogen and oxygen atoms in total. The maximum atomic E-state index is 10.4. The molecule has 16 rings (SSSR count). The van der Waals surface area contributed by atoms with E-state index in [1.54, 1.807) is 124 Å². The van der Waals surface area contributed by atoms with E-state index in [2.05, 4.69) is 61.6 Å². The summed E-state index contributed by atoms with van der Waals surface area (Å²) in [7, 11) is 0. The monoisotopic (exact) mass is 2130 g/mol. The number of nitrogens with zero attached hydrogens (tertiary/aromatic N) is 24. The average molecular weight is 2130 g/mol. The van der Waals surface area contributed by atoms with Gasteiger partial charge in [-0.2, -0.15) is 0 Å². The van der Waals surface area contributed by atoms with Crippen molar-refractivity contribution >= 4 is 0 Å². The quantitative estimate of drug-likeness (QED) is 0.0168. The first-order valence-corrected chi connectivity index (χ1v) is 48.2. The van der Waals surface area contributed by atoms with Gasteiger partial charge in [0, 0.05) is 5.41 Å². The van der Waals surface area contributed by atoms with Crippen molar-refractivity contribution in [2.24, 2.45) is 5.41 Å². The van der Waals surface area contributed by atoms with Crippen LogP contribution in [0.2, 0.25) is 0 Å². The molecule has 8 aliphatic heterocycles. The van der Waals surface area contributed by atoms with Crippen LogP contribution in [0, 0.1) is 5.41 Å². The fraction of sp³-hybridized carbons (Fsp3) is 0.812. The van der Waals surface area contributed by atoms with Crippen LogP contribution >= 0.6 is 0 Å². The number of rotatable bonds is 60. The molecular formula is C85H132N24O40. The molecule has 8 aromatic heterocycles. The molecule has 20 N–H and O–H groups in total. The Bertz CT molecular complexity index is 4810. The number of hydrogen-bond acceptors (Lipinski definition) is 56. The molecule has 832 valence electrons. The summed E-state index contributed by atoms with van der Waals surface area (Å²) >= 11 is 0. The number of ether oxygens (including phenoxy) is 20. The summed E-state index contributed by atoms with van der Waals surface area (Å²) in [6.07, 6.45) is -28.2. The Morgan fingerprint density at radius 2 is 0.416 bits per heavy atom. The SMILES string of the molecule is CC1(C)O[C@H]2[C@H](OCc3cn(CC(Cn4cc(CO[C@@H]5O[C@H](Cn6cc(COC[C@@H](O)[C@H](O)[C@H](O)[C@@H](O)CO)nn6)[C@H]6OC(C)(C)O[C@@H]56)nn4)(Cn4cc(CO[C@@H]5O[C@H](Cn6cc(COC[C@H](O)[C@@H](O)[C@@H](O)[C@H](O)CO)nn6)[C@H]6OC(C)(C)O[C@@H]56)nn4)Cn4cc(CO[C@@H]5O[C@H](Cn6cc(COC[C@H](O)[C@@H](O)[C@@H](O)[C@H](O)CO)nn6)[C@H]6OC(C)(C)O[C@@H]56)nn4)nn3)O[C@H](Cn3cc(COC[C@@H](O)[C@H](O)[C@H](O)[C@@H](O)CO)nn3)[C@H]2O1. The van der Waals surface area contributed by atoms with Gasteiger partial charge in [0.2, 0.25) is 0 Å². The van der Waals surface area contributed by atoms with Crippen molar-refractivity contribution in [3.63, 3.8) is 0 Å². The summed E-state index contributed by atoms with van der Waals surface area (Å²) in [6, 6.07) is 0. The van der Waals surface area contributed by atoms with Gasteiger partial charge in [0.05, 0.1) is 208 Å². The Balaban J connectivity index is 0.647. The van der Waals surface area contributed by atoms with Crippen molar-refractivity contribution in [1.29, 1.82) is 0 Å². The molecule has 149 heavy (non-hydrogen) atoms. The lowest BCUT2D eigenvalue weighted by molar-refractivity contribution is -0.238. The Labute approximate surface area is 846 Å². The third kappa shape index (κ3) is 28.6. The van der Waals surface area contributed by atoms with E-state index >= 15 is 0 Å². The van der Waals surface area contributed by atoms with E-state index in [4.69, 9.17) is 116 Å². The van der Waals surface area contributed by atoms with Gasteiger partial charge in [-0.05, 0) is 55.4 Å². The molecule has 0 aliphatic carbocycles. The van der Waals surface area contributed by atoms with Crippen LogP contribution in [0.5, 0.6) is 0 Å². The van der Waals surface area contributed by atoms with Gasteiger partial charge in [-0.1, -0.05) is 41.7 Å².